The summed E-state index contributed by atoms with van der Waals surface area (Å²) in [6.45, 7) is 7.51. The quantitative estimate of drug-likeness (QED) is 0.633. The highest BCUT2D eigenvalue weighted by Crippen LogP contribution is 2.32. The summed E-state index contributed by atoms with van der Waals surface area (Å²) >= 11 is 0. The molecule has 1 unspecified atom stereocenters. The van der Waals surface area contributed by atoms with Gasteiger partial charge in [-0.2, -0.15) is 0 Å². The number of hydrogen-bond acceptors (Lipinski definition) is 7. The Hall–Kier alpha value is -3.01. The summed E-state index contributed by atoms with van der Waals surface area (Å²) in [5.74, 6) is 0.757. The van der Waals surface area contributed by atoms with Crippen LogP contribution in [-0.4, -0.2) is 67.4 Å². The third-order valence-corrected chi connectivity index (χ3v) is 5.03. The second-order valence-electron chi connectivity index (χ2n) is 8.86. The topological polar surface area (TPSA) is 118 Å². The third-order valence-electron chi connectivity index (χ3n) is 5.03. The van der Waals surface area contributed by atoms with Gasteiger partial charge in [0, 0.05) is 24.3 Å². The molecule has 0 aliphatic carbocycles. The van der Waals surface area contributed by atoms with Crippen molar-refractivity contribution in [2.45, 2.75) is 51.7 Å². The lowest BCUT2D eigenvalue weighted by Crippen LogP contribution is -2.51. The predicted octanol–water partition coefficient (Wildman–Crippen LogP) is 2.49. The zero-order valence-electron chi connectivity index (χ0n) is 18.9. The number of benzene rings is 1. The molecule has 1 saturated heterocycles. The molecule has 0 spiro atoms. The van der Waals surface area contributed by atoms with Gasteiger partial charge in [-0.25, -0.2) is 9.59 Å². The van der Waals surface area contributed by atoms with Crippen LogP contribution >= 0.6 is 0 Å². The van der Waals surface area contributed by atoms with Gasteiger partial charge in [-0.3, -0.25) is 15.0 Å². The van der Waals surface area contributed by atoms with E-state index in [1.165, 1.54) is 0 Å². The number of carbonyl (C=O) groups is 3. The summed E-state index contributed by atoms with van der Waals surface area (Å²) in [5, 5.41) is 7.77. The van der Waals surface area contributed by atoms with Crippen LogP contribution in [0.1, 0.15) is 40.0 Å². The van der Waals surface area contributed by atoms with Gasteiger partial charge in [0.25, 0.3) is 0 Å². The average Bonchev–Trinajstić information content (AvgIpc) is 2.71. The molecule has 1 atom stereocenters. The molecule has 3 N–H and O–H groups in total. The number of urea groups is 1. The normalized spacial score (nSPS) is 18.4. The van der Waals surface area contributed by atoms with Gasteiger partial charge in [-0.05, 0) is 52.3 Å². The van der Waals surface area contributed by atoms with Gasteiger partial charge in [0.15, 0.2) is 11.5 Å². The lowest BCUT2D eigenvalue weighted by molar-refractivity contribution is -0.121. The van der Waals surface area contributed by atoms with Crippen LogP contribution in [0.25, 0.3) is 0 Å². The number of likely N-dealkylation sites (tertiary alicyclic amines) is 1. The number of fused-ring (bicyclic) bond motifs is 1. The number of amides is 4. The average molecular weight is 449 g/mol. The van der Waals surface area contributed by atoms with Crippen molar-refractivity contribution in [3.8, 4) is 11.5 Å². The fourth-order valence-electron chi connectivity index (χ4n) is 3.65. The molecule has 2 heterocycles. The van der Waals surface area contributed by atoms with E-state index >= 15 is 0 Å². The van der Waals surface area contributed by atoms with E-state index < -0.39 is 23.6 Å². The Labute approximate surface area is 187 Å². The van der Waals surface area contributed by atoms with E-state index in [1.54, 1.807) is 39.0 Å². The Morgan fingerprint density at radius 3 is 2.62 bits per heavy atom. The first kappa shape index (κ1) is 23.6. The van der Waals surface area contributed by atoms with Crippen LogP contribution in [0.4, 0.5) is 15.3 Å². The zero-order valence-corrected chi connectivity index (χ0v) is 18.9. The Morgan fingerprint density at radius 1 is 1.12 bits per heavy atom. The Kier molecular flexibility index (Phi) is 7.79. The van der Waals surface area contributed by atoms with Crippen molar-refractivity contribution in [3.05, 3.63) is 18.2 Å². The van der Waals surface area contributed by atoms with Crippen LogP contribution in [0.5, 0.6) is 11.5 Å². The van der Waals surface area contributed by atoms with Crippen molar-refractivity contribution in [2.75, 3.05) is 38.2 Å². The Morgan fingerprint density at radius 2 is 1.88 bits per heavy atom. The second kappa shape index (κ2) is 10.5. The minimum Gasteiger partial charge on any atom is -0.486 e. The first-order chi connectivity index (χ1) is 15.2. The van der Waals surface area contributed by atoms with Crippen molar-refractivity contribution < 1.29 is 28.6 Å². The highest BCUT2D eigenvalue weighted by atomic mass is 16.6. The summed E-state index contributed by atoms with van der Waals surface area (Å²) in [4.78, 5) is 38.6. The number of ether oxygens (including phenoxy) is 3. The summed E-state index contributed by atoms with van der Waals surface area (Å²) < 4.78 is 16.2. The van der Waals surface area contributed by atoms with Crippen molar-refractivity contribution in [2.24, 2.45) is 0 Å². The standard InChI is InChI=1S/C22H32N4O6/c1-22(2,3)32-21(29)23-13-16-6-4-5-9-26(16)14-19(27)25-20(28)24-15-7-8-17-18(12-15)31-11-10-30-17/h7-8,12,16H,4-6,9-11,13-14H2,1-3H3,(H,23,29)(H2,24,25,27,28). The number of alkyl carbamates (subject to hydrolysis) is 1. The molecule has 0 bridgehead atoms. The fraction of sp³-hybridized carbons (Fsp3) is 0.591. The number of nitrogens with zero attached hydrogens (tertiary/aromatic N) is 1. The van der Waals surface area contributed by atoms with E-state index in [9.17, 15) is 14.4 Å². The van der Waals surface area contributed by atoms with Gasteiger partial charge in [0.05, 0.1) is 6.54 Å². The maximum Gasteiger partial charge on any atom is 0.407 e. The van der Waals surface area contributed by atoms with Crippen LogP contribution < -0.4 is 25.4 Å². The molecule has 176 valence electrons. The van der Waals surface area contributed by atoms with E-state index in [-0.39, 0.29) is 12.6 Å². The largest absolute Gasteiger partial charge is 0.486 e. The number of nitrogens with one attached hydrogen (secondary N) is 3. The molecule has 2 aliphatic rings. The molecule has 0 saturated carbocycles. The number of piperidine rings is 1. The van der Waals surface area contributed by atoms with E-state index in [0.29, 0.717) is 36.9 Å². The number of rotatable bonds is 5. The van der Waals surface area contributed by atoms with E-state index in [4.69, 9.17) is 14.2 Å². The van der Waals surface area contributed by atoms with Gasteiger partial charge >= 0.3 is 12.1 Å². The first-order valence-electron chi connectivity index (χ1n) is 10.9. The van der Waals surface area contributed by atoms with Crippen LogP contribution in [0.3, 0.4) is 0 Å². The second-order valence-corrected chi connectivity index (χ2v) is 8.86. The molecule has 2 aliphatic heterocycles. The summed E-state index contributed by atoms with van der Waals surface area (Å²) in [6, 6.07) is 4.43. The summed E-state index contributed by atoms with van der Waals surface area (Å²) in [7, 11) is 0. The minimum absolute atomic E-state index is 0.00266. The maximum absolute atomic E-state index is 12.4. The molecule has 32 heavy (non-hydrogen) atoms. The van der Waals surface area contributed by atoms with Crippen LogP contribution in [0.2, 0.25) is 0 Å². The molecule has 3 rings (SSSR count). The van der Waals surface area contributed by atoms with Gasteiger partial charge in [0.2, 0.25) is 5.91 Å². The number of imide groups is 1. The van der Waals surface area contributed by atoms with Gasteiger partial charge in [-0.15, -0.1) is 0 Å². The molecule has 4 amide bonds. The molecular weight excluding hydrogens is 416 g/mol. The van der Waals surface area contributed by atoms with Crippen molar-refractivity contribution in [1.82, 2.24) is 15.5 Å². The lowest BCUT2D eigenvalue weighted by atomic mass is 10.0. The minimum atomic E-state index is -0.618. The molecule has 10 heteroatoms. The lowest BCUT2D eigenvalue weighted by Gasteiger charge is -2.35. The smallest absolute Gasteiger partial charge is 0.407 e. The highest BCUT2D eigenvalue weighted by Gasteiger charge is 2.26. The predicted molar refractivity (Wildman–Crippen MR) is 118 cm³/mol. The number of hydrogen-bond donors (Lipinski definition) is 3. The molecule has 1 fully saturated rings. The van der Waals surface area contributed by atoms with Crippen molar-refractivity contribution in [1.29, 1.82) is 0 Å². The van der Waals surface area contributed by atoms with E-state index in [2.05, 4.69) is 16.0 Å². The molecular formula is C22H32N4O6. The maximum atomic E-state index is 12.4. The highest BCUT2D eigenvalue weighted by molar-refractivity contribution is 6.01. The SMILES string of the molecule is CC(C)(C)OC(=O)NCC1CCCCN1CC(=O)NC(=O)Nc1ccc2c(c1)OCCO2. The van der Waals surface area contributed by atoms with Crippen LogP contribution in [-0.2, 0) is 9.53 Å². The Balaban J connectivity index is 1.46. The van der Waals surface area contributed by atoms with Gasteiger partial charge in [0.1, 0.15) is 18.8 Å². The summed E-state index contributed by atoms with van der Waals surface area (Å²) in [6.07, 6.45) is 2.35. The summed E-state index contributed by atoms with van der Waals surface area (Å²) in [5.41, 5.74) is -0.0715. The molecule has 1 aromatic rings. The third kappa shape index (κ3) is 7.30. The monoisotopic (exact) mass is 448 g/mol. The van der Waals surface area contributed by atoms with Crippen LogP contribution in [0.15, 0.2) is 18.2 Å². The molecule has 10 nitrogen and oxygen atoms in total. The molecule has 1 aromatic carbocycles. The molecule has 0 radical (unpaired) electrons. The first-order valence-corrected chi connectivity index (χ1v) is 10.9. The zero-order chi connectivity index (χ0) is 23.1. The van der Waals surface area contributed by atoms with Crippen molar-refractivity contribution >= 4 is 23.7 Å². The van der Waals surface area contributed by atoms with Gasteiger partial charge in [-0.1, -0.05) is 6.42 Å². The van der Waals surface area contributed by atoms with E-state index in [0.717, 1.165) is 25.8 Å². The molecule has 0 aromatic heterocycles. The van der Waals surface area contributed by atoms with Crippen molar-refractivity contribution in [3.63, 3.8) is 0 Å². The number of anilines is 1. The Bertz CT molecular complexity index is 838. The fourth-order valence-corrected chi connectivity index (χ4v) is 3.65. The number of carbonyl (C=O) groups excluding carboxylic acids is 3. The van der Waals surface area contributed by atoms with Crippen LogP contribution in [0, 0.1) is 0 Å². The van der Waals surface area contributed by atoms with Gasteiger partial charge < -0.3 is 24.8 Å². The van der Waals surface area contributed by atoms with E-state index in [1.807, 2.05) is 4.90 Å².